The zero-order valence-electron chi connectivity index (χ0n) is 19.4. The number of aromatic nitrogens is 1. The lowest BCUT2D eigenvalue weighted by Crippen LogP contribution is -2.48. The van der Waals surface area contributed by atoms with E-state index in [4.69, 9.17) is 4.74 Å². The fourth-order valence-electron chi connectivity index (χ4n) is 4.52. The lowest BCUT2D eigenvalue weighted by atomic mass is 9.83. The molecule has 2 unspecified atom stereocenters. The number of nitrogens with zero attached hydrogens (tertiary/aromatic N) is 1. The normalized spacial score (nSPS) is 18.5. The number of piperidine rings is 1. The predicted molar refractivity (Wildman–Crippen MR) is 123 cm³/mol. The molecule has 7 nitrogen and oxygen atoms in total. The number of carbonyl (C=O) groups excluding carboxylic acids is 2. The number of para-hydroxylation sites is 1. The molecule has 2 heterocycles. The van der Waals surface area contributed by atoms with Crippen molar-refractivity contribution in [3.05, 3.63) is 63.1 Å². The van der Waals surface area contributed by atoms with Crippen LogP contribution in [0.5, 0.6) is 5.75 Å². The number of H-pyrrole nitrogens is 1. The topological polar surface area (TPSA) is 91.5 Å². The summed E-state index contributed by atoms with van der Waals surface area (Å²) in [7, 11) is 1.60. The number of unbranched alkanes of at least 4 members (excludes halogenated alkanes) is 1. The Labute approximate surface area is 189 Å². The molecule has 0 radical (unpaired) electrons. The van der Waals surface area contributed by atoms with Gasteiger partial charge in [0.2, 0.25) is 11.8 Å². The summed E-state index contributed by atoms with van der Waals surface area (Å²) >= 11 is 0. The summed E-state index contributed by atoms with van der Waals surface area (Å²) in [5.74, 6) is 0.140. The number of aromatic amines is 1. The number of pyridine rings is 1. The van der Waals surface area contributed by atoms with Gasteiger partial charge in [-0.2, -0.15) is 0 Å². The van der Waals surface area contributed by atoms with E-state index < -0.39 is 12.0 Å². The molecular formula is C25H33N3O4. The first-order valence-corrected chi connectivity index (χ1v) is 11.3. The molecule has 0 saturated carbocycles. The quantitative estimate of drug-likeness (QED) is 0.660. The van der Waals surface area contributed by atoms with Gasteiger partial charge in [0.05, 0.1) is 19.1 Å². The Hall–Kier alpha value is -3.09. The van der Waals surface area contributed by atoms with E-state index in [-0.39, 0.29) is 23.9 Å². The Kier molecular flexibility index (Phi) is 7.72. The molecule has 1 aliphatic heterocycles. The van der Waals surface area contributed by atoms with Gasteiger partial charge in [0, 0.05) is 36.3 Å². The predicted octanol–water partition coefficient (Wildman–Crippen LogP) is 3.40. The number of carbonyl (C=O) groups is 2. The first-order valence-electron chi connectivity index (χ1n) is 11.3. The third-order valence-electron chi connectivity index (χ3n) is 6.19. The molecule has 172 valence electrons. The number of amides is 2. The second-order valence-corrected chi connectivity index (χ2v) is 8.43. The van der Waals surface area contributed by atoms with E-state index in [1.807, 2.05) is 49.1 Å². The van der Waals surface area contributed by atoms with Crippen molar-refractivity contribution in [2.24, 2.45) is 5.92 Å². The van der Waals surface area contributed by atoms with Crippen LogP contribution in [-0.2, 0) is 16.1 Å². The van der Waals surface area contributed by atoms with Crippen LogP contribution >= 0.6 is 0 Å². The Morgan fingerprint density at radius 3 is 2.69 bits per heavy atom. The van der Waals surface area contributed by atoms with Crippen molar-refractivity contribution < 1.29 is 14.3 Å². The summed E-state index contributed by atoms with van der Waals surface area (Å²) in [6, 6.07) is 9.06. The van der Waals surface area contributed by atoms with Crippen LogP contribution in [0.1, 0.15) is 61.0 Å². The van der Waals surface area contributed by atoms with Gasteiger partial charge in [-0.3, -0.25) is 14.4 Å². The highest BCUT2D eigenvalue weighted by atomic mass is 16.5. The third-order valence-corrected chi connectivity index (χ3v) is 6.19. The second kappa shape index (κ2) is 10.5. The number of benzene rings is 1. The summed E-state index contributed by atoms with van der Waals surface area (Å²) in [6.45, 7) is 6.53. The molecule has 7 heteroatoms. The Bertz CT molecular complexity index is 1030. The van der Waals surface area contributed by atoms with Crippen LogP contribution in [-0.4, -0.2) is 35.4 Å². The zero-order valence-corrected chi connectivity index (χ0v) is 19.4. The number of hydrogen-bond donors (Lipinski definition) is 2. The average molecular weight is 440 g/mol. The molecule has 2 amide bonds. The molecule has 1 saturated heterocycles. The molecule has 1 fully saturated rings. The summed E-state index contributed by atoms with van der Waals surface area (Å²) in [6.07, 6.45) is 2.61. The summed E-state index contributed by atoms with van der Waals surface area (Å²) < 4.78 is 5.57. The fourth-order valence-corrected chi connectivity index (χ4v) is 4.52. The summed E-state index contributed by atoms with van der Waals surface area (Å²) in [5, 5.41) is 2.96. The van der Waals surface area contributed by atoms with E-state index in [0.29, 0.717) is 30.7 Å². The number of hydrogen-bond acceptors (Lipinski definition) is 4. The van der Waals surface area contributed by atoms with E-state index in [1.54, 1.807) is 7.11 Å². The lowest BCUT2D eigenvalue weighted by molar-refractivity contribution is -0.143. The van der Waals surface area contributed by atoms with E-state index in [0.717, 1.165) is 29.7 Å². The number of likely N-dealkylation sites (tertiary alicyclic amines) is 1. The average Bonchev–Trinajstić information content (AvgIpc) is 2.77. The molecule has 2 aromatic rings. The van der Waals surface area contributed by atoms with Crippen LogP contribution in [0, 0.1) is 19.8 Å². The molecule has 3 rings (SSSR count). The highest BCUT2D eigenvalue weighted by molar-refractivity contribution is 5.85. The van der Waals surface area contributed by atoms with Crippen molar-refractivity contribution >= 4 is 11.8 Å². The molecular weight excluding hydrogens is 406 g/mol. The van der Waals surface area contributed by atoms with Crippen LogP contribution in [0.4, 0.5) is 0 Å². The molecule has 0 bridgehead atoms. The minimum absolute atomic E-state index is 0.0595. The standard InChI is InChI=1S/C25H33N3O4/c1-5-6-13-28-22(29)12-11-19(23(28)18-9-7-8-10-21(18)32-4)24(30)26-15-20-16(2)14-17(3)27-25(20)31/h7-10,14,19,23H,5-6,11-13,15H2,1-4H3,(H,26,30)(H,27,31). The van der Waals surface area contributed by atoms with Crippen molar-refractivity contribution in [1.82, 2.24) is 15.2 Å². The van der Waals surface area contributed by atoms with Gasteiger partial charge in [0.25, 0.3) is 5.56 Å². The minimum Gasteiger partial charge on any atom is -0.496 e. The van der Waals surface area contributed by atoms with Gasteiger partial charge < -0.3 is 19.9 Å². The molecule has 1 aromatic carbocycles. The Morgan fingerprint density at radius 1 is 1.25 bits per heavy atom. The van der Waals surface area contributed by atoms with Crippen molar-refractivity contribution in [3.8, 4) is 5.75 Å². The van der Waals surface area contributed by atoms with Crippen molar-refractivity contribution in [2.45, 2.75) is 59.0 Å². The number of methoxy groups -OCH3 is 1. The maximum Gasteiger partial charge on any atom is 0.253 e. The lowest BCUT2D eigenvalue weighted by Gasteiger charge is -2.41. The fraction of sp³-hybridized carbons (Fsp3) is 0.480. The molecule has 2 N–H and O–H groups in total. The molecule has 1 aromatic heterocycles. The number of ether oxygens (including phenoxy) is 1. The zero-order chi connectivity index (χ0) is 23.3. The monoisotopic (exact) mass is 439 g/mol. The molecule has 0 spiro atoms. The van der Waals surface area contributed by atoms with Crippen molar-refractivity contribution in [3.63, 3.8) is 0 Å². The number of aryl methyl sites for hydroxylation is 2. The highest BCUT2D eigenvalue weighted by Gasteiger charge is 2.41. The highest BCUT2D eigenvalue weighted by Crippen LogP contribution is 2.40. The van der Waals surface area contributed by atoms with Gasteiger partial charge in [0.1, 0.15) is 5.75 Å². The first-order chi connectivity index (χ1) is 15.4. The van der Waals surface area contributed by atoms with E-state index in [2.05, 4.69) is 17.2 Å². The minimum atomic E-state index is -0.425. The smallest absolute Gasteiger partial charge is 0.253 e. The SMILES string of the molecule is CCCCN1C(=O)CCC(C(=O)NCc2c(C)cc(C)[nH]c2=O)C1c1ccccc1OC. The van der Waals surface area contributed by atoms with Crippen molar-refractivity contribution in [2.75, 3.05) is 13.7 Å². The summed E-state index contributed by atoms with van der Waals surface area (Å²) in [5.41, 5.74) is 2.83. The van der Waals surface area contributed by atoms with Gasteiger partial charge >= 0.3 is 0 Å². The maximum absolute atomic E-state index is 13.4. The van der Waals surface area contributed by atoms with Crippen LogP contribution in [0.15, 0.2) is 35.1 Å². The van der Waals surface area contributed by atoms with E-state index in [1.165, 1.54) is 0 Å². The molecule has 2 atom stereocenters. The third kappa shape index (κ3) is 5.03. The van der Waals surface area contributed by atoms with Gasteiger partial charge in [-0.15, -0.1) is 0 Å². The summed E-state index contributed by atoms with van der Waals surface area (Å²) in [4.78, 5) is 43.2. The van der Waals surface area contributed by atoms with Crippen molar-refractivity contribution in [1.29, 1.82) is 0 Å². The number of rotatable bonds is 8. The van der Waals surface area contributed by atoms with Crippen LogP contribution in [0.2, 0.25) is 0 Å². The van der Waals surface area contributed by atoms with Gasteiger partial charge in [-0.1, -0.05) is 31.5 Å². The number of nitrogens with one attached hydrogen (secondary N) is 2. The van der Waals surface area contributed by atoms with Gasteiger partial charge in [-0.05, 0) is 44.4 Å². The Morgan fingerprint density at radius 2 is 2.00 bits per heavy atom. The first kappa shape index (κ1) is 23.6. The molecule has 1 aliphatic rings. The van der Waals surface area contributed by atoms with Crippen LogP contribution < -0.4 is 15.6 Å². The second-order valence-electron chi connectivity index (χ2n) is 8.43. The molecule has 0 aliphatic carbocycles. The van der Waals surface area contributed by atoms with Gasteiger partial charge in [0.15, 0.2) is 0 Å². The Balaban J connectivity index is 1.90. The van der Waals surface area contributed by atoms with E-state index in [9.17, 15) is 14.4 Å². The van der Waals surface area contributed by atoms with Crippen LogP contribution in [0.3, 0.4) is 0 Å². The maximum atomic E-state index is 13.4. The van der Waals surface area contributed by atoms with Crippen LogP contribution in [0.25, 0.3) is 0 Å². The van der Waals surface area contributed by atoms with Gasteiger partial charge in [-0.25, -0.2) is 0 Å². The molecule has 32 heavy (non-hydrogen) atoms. The van der Waals surface area contributed by atoms with E-state index >= 15 is 0 Å². The largest absolute Gasteiger partial charge is 0.496 e.